The van der Waals surface area contributed by atoms with Gasteiger partial charge in [-0.25, -0.2) is 4.98 Å². The average molecular weight is 949 g/mol. The van der Waals surface area contributed by atoms with E-state index >= 15 is 0 Å². The largest absolute Gasteiger partial charge is 0.457 e. The summed E-state index contributed by atoms with van der Waals surface area (Å²) in [6.45, 7) is 14.4. The topological polar surface area (TPSA) is 42.8 Å². The van der Waals surface area contributed by atoms with E-state index in [2.05, 4.69) is 60.9 Å². The molecule has 0 saturated heterocycles. The van der Waals surface area contributed by atoms with Crippen LogP contribution in [0.2, 0.25) is 0 Å². The molecule has 0 atom stereocenters. The summed E-state index contributed by atoms with van der Waals surface area (Å²) in [6, 6.07) is 50.2. The molecule has 12 bridgehead atoms. The molecule has 0 fully saturated rings. The van der Waals surface area contributed by atoms with E-state index < -0.39 is 24.7 Å². The number of benzene rings is 8. The normalized spacial score (nSPS) is 15.1. The number of hydrogen-bond acceptors (Lipinski definition) is 5. The van der Waals surface area contributed by atoms with Gasteiger partial charge in [0, 0.05) is 57.0 Å². The Morgan fingerprint density at radius 2 is 1.18 bits per heavy atom. The Hall–Kier alpha value is -8.09. The molecule has 2 aromatic heterocycles. The fourth-order valence-corrected chi connectivity index (χ4v) is 10.2. The highest BCUT2D eigenvalue weighted by Gasteiger charge is 2.33. The van der Waals surface area contributed by atoms with Crippen LogP contribution in [0.15, 0.2) is 188 Å². The van der Waals surface area contributed by atoms with Crippen LogP contribution in [-0.4, -0.2) is 16.2 Å². The molecule has 6 heteroatoms. The first kappa shape index (κ1) is 36.8. The maximum Gasteiger partial charge on any atom is 0.137 e. The van der Waals surface area contributed by atoms with Gasteiger partial charge >= 0.3 is 0 Å². The van der Waals surface area contributed by atoms with Crippen molar-refractivity contribution >= 4 is 44.6 Å². The highest BCUT2D eigenvalue weighted by molar-refractivity contribution is 6.09. The molecule has 10 aromatic rings. The van der Waals surface area contributed by atoms with Crippen molar-refractivity contribution in [1.29, 1.82) is 0 Å². The van der Waals surface area contributed by atoms with E-state index in [1.165, 1.54) is 0 Å². The van der Waals surface area contributed by atoms with Crippen molar-refractivity contribution in [3.8, 4) is 62.2 Å². The van der Waals surface area contributed by atoms with E-state index in [0.29, 0.717) is 68.2 Å². The lowest BCUT2D eigenvalue weighted by Gasteiger charge is -2.29. The Balaban J connectivity index is 1.13. The molecule has 0 N–H and O–H groups in total. The van der Waals surface area contributed by atoms with Crippen LogP contribution in [0.3, 0.4) is 0 Å². The second-order valence-electron chi connectivity index (χ2n) is 20.4. The summed E-state index contributed by atoms with van der Waals surface area (Å²) in [5.74, 6) is 1.64. The average Bonchev–Trinajstić information content (AvgIpc) is 4.23. The first-order chi connectivity index (χ1) is 38.1. The van der Waals surface area contributed by atoms with Crippen molar-refractivity contribution in [2.75, 3.05) is 16.5 Å². The maximum atomic E-state index is 9.57. The highest BCUT2D eigenvalue weighted by Crippen LogP contribution is 2.52. The number of fused-ring (bicyclic) bond motifs is 6. The Bertz CT molecular complexity index is 4100. The summed E-state index contributed by atoms with van der Waals surface area (Å²) in [5.41, 5.74) is 10.9. The standard InChI is InChI=1S/C66H60N4O2/c1-42(2)31-44-33-57(45-15-9-8-10-16-45)65-58(34-44)46-21-25-51(26-22-46)71-52-27-23-47(24-28-52)59-40-67-64(35-48(59)32-43(3)4)70-60-18-12-11-17-55(60)56-30-29-53(39-63(56)70)72-54-37-49(66(5,6)7)36-50(38-54)68-41-69(65)62-20-14-13-19-61(62)68/h8-30,33-40,42-43H,31-32,41H2,1-7H3/i11D,12D,17D,18D,31D2,32D2. The van der Waals surface area contributed by atoms with Crippen molar-refractivity contribution in [2.45, 2.75) is 66.6 Å². The van der Waals surface area contributed by atoms with E-state index in [-0.39, 0.29) is 40.8 Å². The van der Waals surface area contributed by atoms with Gasteiger partial charge < -0.3 is 19.3 Å². The van der Waals surface area contributed by atoms with Crippen LogP contribution < -0.4 is 19.3 Å². The number of ether oxygens (including phenoxy) is 2. The lowest BCUT2D eigenvalue weighted by Crippen LogP contribution is -2.25. The van der Waals surface area contributed by atoms with E-state index in [9.17, 15) is 8.22 Å². The van der Waals surface area contributed by atoms with Crippen LogP contribution in [0.4, 0.5) is 22.7 Å². The number of nitrogens with zero attached hydrogens (tertiary/aromatic N) is 4. The van der Waals surface area contributed by atoms with Gasteiger partial charge in [0.25, 0.3) is 0 Å². The van der Waals surface area contributed by atoms with Crippen molar-refractivity contribution in [2.24, 2.45) is 11.8 Å². The van der Waals surface area contributed by atoms with Gasteiger partial charge in [-0.2, -0.15) is 0 Å². The van der Waals surface area contributed by atoms with Crippen molar-refractivity contribution in [3.63, 3.8) is 0 Å². The maximum absolute atomic E-state index is 9.57. The van der Waals surface area contributed by atoms with Crippen molar-refractivity contribution in [1.82, 2.24) is 9.55 Å². The van der Waals surface area contributed by atoms with Crippen LogP contribution >= 0.6 is 0 Å². The third-order valence-electron chi connectivity index (χ3n) is 13.5. The second-order valence-corrected chi connectivity index (χ2v) is 20.4. The molecular weight excluding hydrogens is 881 g/mol. The zero-order valence-electron chi connectivity index (χ0n) is 49.6. The van der Waals surface area contributed by atoms with E-state index in [1.807, 2.05) is 149 Å². The van der Waals surface area contributed by atoms with Crippen LogP contribution in [0.1, 0.15) is 76.1 Å². The molecule has 5 aliphatic heterocycles. The van der Waals surface area contributed by atoms with Gasteiger partial charge in [0.15, 0.2) is 0 Å². The molecule has 72 heavy (non-hydrogen) atoms. The summed E-state index contributed by atoms with van der Waals surface area (Å²) >= 11 is 0. The van der Waals surface area contributed by atoms with Gasteiger partial charge in [-0.05, 0) is 148 Å². The van der Waals surface area contributed by atoms with Gasteiger partial charge in [-0.15, -0.1) is 0 Å². The molecular formula is C66H60N4O2. The van der Waals surface area contributed by atoms with E-state index in [4.69, 9.17) is 17.2 Å². The summed E-state index contributed by atoms with van der Waals surface area (Å²) in [4.78, 5) is 9.62. The third-order valence-corrected chi connectivity index (χ3v) is 13.5. The fraction of sp³-hybridized carbons (Fsp3) is 0.197. The first-order valence-corrected chi connectivity index (χ1v) is 24.8. The number of pyridine rings is 1. The minimum Gasteiger partial charge on any atom is -0.457 e. The SMILES string of the molecule is [2H]c1c([2H])c([2H])c2c(c1[2H])c1ccc3cc1n2-c1cc(C([2H])([2H])C(C)C)c(cn1)-c1ccc(cc1)Oc1ccc(cc1)-c1cc(C([2H])([2H])C(C)C)cc(-c2ccccc2)c1N1CN(c2cc(cc(C(C)(C)C)c2)O3)c2ccccc21. The third kappa shape index (κ3) is 8.34. The molecule has 0 spiro atoms. The quantitative estimate of drug-likeness (QED) is 0.172. The Labute approximate surface area is 435 Å². The van der Waals surface area contributed by atoms with Gasteiger partial charge in [0.05, 0.1) is 33.6 Å². The van der Waals surface area contributed by atoms with Gasteiger partial charge in [-0.3, -0.25) is 4.57 Å². The molecule has 0 amide bonds. The van der Waals surface area contributed by atoms with Crippen molar-refractivity contribution < 1.29 is 20.4 Å². The van der Waals surface area contributed by atoms with Crippen LogP contribution in [0.25, 0.3) is 61.0 Å². The molecule has 356 valence electrons. The zero-order valence-corrected chi connectivity index (χ0v) is 41.6. The molecule has 0 radical (unpaired) electrons. The Morgan fingerprint density at radius 3 is 1.86 bits per heavy atom. The minimum absolute atomic E-state index is 0.195. The lowest BCUT2D eigenvalue weighted by atomic mass is 9.86. The smallest absolute Gasteiger partial charge is 0.137 e. The number of para-hydroxylation sites is 3. The number of anilines is 4. The van der Waals surface area contributed by atoms with Crippen molar-refractivity contribution in [3.05, 3.63) is 205 Å². The van der Waals surface area contributed by atoms with Gasteiger partial charge in [-0.1, -0.05) is 133 Å². The fourth-order valence-electron chi connectivity index (χ4n) is 10.2. The van der Waals surface area contributed by atoms with Crippen LogP contribution in [-0.2, 0) is 18.2 Å². The van der Waals surface area contributed by atoms with Crippen LogP contribution in [0.5, 0.6) is 23.0 Å². The van der Waals surface area contributed by atoms with E-state index in [0.717, 1.165) is 50.6 Å². The molecule has 8 aromatic carbocycles. The zero-order chi connectivity index (χ0) is 56.3. The molecule has 0 aliphatic carbocycles. The second kappa shape index (κ2) is 17.9. The number of hydrogen-bond donors (Lipinski definition) is 0. The van der Waals surface area contributed by atoms with Gasteiger partial charge in [0.1, 0.15) is 35.5 Å². The number of rotatable bonds is 5. The Kier molecular flexibility index (Phi) is 9.17. The van der Waals surface area contributed by atoms with Gasteiger partial charge in [0.2, 0.25) is 0 Å². The molecule has 15 rings (SSSR count). The summed E-state index contributed by atoms with van der Waals surface area (Å²) in [5, 5.41) is 0.865. The minimum atomic E-state index is -1.87. The summed E-state index contributed by atoms with van der Waals surface area (Å²) < 4.78 is 89.5. The molecule has 6 nitrogen and oxygen atoms in total. The van der Waals surface area contributed by atoms with E-state index in [1.54, 1.807) is 16.8 Å². The molecule has 5 aliphatic rings. The Morgan fingerprint density at radius 1 is 0.569 bits per heavy atom. The predicted octanol–water partition coefficient (Wildman–Crippen LogP) is 18.0. The van der Waals surface area contributed by atoms with Crippen LogP contribution in [0, 0.1) is 11.8 Å². The lowest BCUT2D eigenvalue weighted by molar-refractivity contribution is 0.479. The summed E-state index contributed by atoms with van der Waals surface area (Å²) in [6.07, 6.45) is -1.91. The first-order valence-electron chi connectivity index (χ1n) is 28.8. The monoisotopic (exact) mass is 949 g/mol. The molecule has 0 saturated carbocycles. The summed E-state index contributed by atoms with van der Waals surface area (Å²) in [7, 11) is 0. The molecule has 7 heterocycles. The number of aromatic nitrogens is 2. The highest BCUT2D eigenvalue weighted by atomic mass is 16.5. The molecule has 0 unspecified atom stereocenters. The predicted molar refractivity (Wildman–Crippen MR) is 299 cm³/mol.